The first-order valence-corrected chi connectivity index (χ1v) is 11.8. The second-order valence-corrected chi connectivity index (χ2v) is 9.54. The van der Waals surface area contributed by atoms with E-state index < -0.39 is 27.4 Å². The van der Waals surface area contributed by atoms with Crippen molar-refractivity contribution in [3.8, 4) is 0 Å². The molecule has 0 unspecified atom stereocenters. The third kappa shape index (κ3) is 5.72. The van der Waals surface area contributed by atoms with E-state index in [0.717, 1.165) is 34.9 Å². The highest BCUT2D eigenvalue weighted by atomic mass is 32.2. The number of nitrogens with one attached hydrogen (secondary N) is 1. The highest BCUT2D eigenvalue weighted by Crippen LogP contribution is 2.27. The van der Waals surface area contributed by atoms with Crippen LogP contribution in [0.3, 0.4) is 0 Å². The molecule has 0 saturated carbocycles. The van der Waals surface area contributed by atoms with Crippen molar-refractivity contribution in [2.75, 3.05) is 35.1 Å². The van der Waals surface area contributed by atoms with Crippen LogP contribution < -0.4 is 14.5 Å². The number of aryl methyl sites for hydroxylation is 1. The van der Waals surface area contributed by atoms with Crippen molar-refractivity contribution in [2.24, 2.45) is 0 Å². The molecule has 9 nitrogen and oxygen atoms in total. The summed E-state index contributed by atoms with van der Waals surface area (Å²) >= 11 is 0. The quantitative estimate of drug-likeness (QED) is 0.493. The van der Waals surface area contributed by atoms with Gasteiger partial charge in [-0.05, 0) is 43.0 Å². The highest BCUT2D eigenvalue weighted by Gasteiger charge is 2.24. The Kier molecular flexibility index (Phi) is 6.79. The van der Waals surface area contributed by atoms with E-state index in [1.807, 2.05) is 24.3 Å². The van der Waals surface area contributed by atoms with Gasteiger partial charge in [0.1, 0.15) is 6.54 Å². The maximum absolute atomic E-state index is 12.5. The van der Waals surface area contributed by atoms with Crippen LogP contribution in [0.15, 0.2) is 42.5 Å². The molecule has 1 heterocycles. The standard InChI is InChI=1S/C21H26N4O5S/c1-16-5-8-19(25(27)28)13-20(16)24(31(2,29)30)15-21(26)22-14-17-6-9-18(10-7-17)23-11-3-4-12-23/h5-10,13H,3-4,11-12,14-15H2,1-2H3,(H,22,26). The van der Waals surface area contributed by atoms with Crippen LogP contribution in [0, 0.1) is 17.0 Å². The van der Waals surface area contributed by atoms with E-state index in [9.17, 15) is 23.3 Å². The van der Waals surface area contributed by atoms with Gasteiger partial charge in [0.15, 0.2) is 0 Å². The summed E-state index contributed by atoms with van der Waals surface area (Å²) in [6, 6.07) is 11.8. The number of hydrogen-bond acceptors (Lipinski definition) is 6. The molecule has 0 aromatic heterocycles. The fourth-order valence-corrected chi connectivity index (χ4v) is 4.45. The Balaban J connectivity index is 1.68. The SMILES string of the molecule is Cc1ccc([N+](=O)[O-])cc1N(CC(=O)NCc1ccc(N2CCCC2)cc1)S(C)(=O)=O. The first-order valence-electron chi connectivity index (χ1n) is 9.98. The summed E-state index contributed by atoms with van der Waals surface area (Å²) in [5.41, 5.74) is 2.43. The van der Waals surface area contributed by atoms with E-state index in [1.165, 1.54) is 31.0 Å². The summed E-state index contributed by atoms with van der Waals surface area (Å²) in [6.07, 6.45) is 3.35. The zero-order valence-electron chi connectivity index (χ0n) is 17.6. The summed E-state index contributed by atoms with van der Waals surface area (Å²) in [5, 5.41) is 13.8. The lowest BCUT2D eigenvalue weighted by Crippen LogP contribution is -2.40. The Morgan fingerprint density at radius 3 is 2.39 bits per heavy atom. The fourth-order valence-electron chi connectivity index (χ4n) is 3.55. The van der Waals surface area contributed by atoms with Gasteiger partial charge in [-0.15, -0.1) is 0 Å². The molecular formula is C21H26N4O5S. The number of rotatable bonds is 8. The van der Waals surface area contributed by atoms with E-state index in [4.69, 9.17) is 0 Å². The number of carbonyl (C=O) groups excluding carboxylic acids is 1. The number of carbonyl (C=O) groups is 1. The summed E-state index contributed by atoms with van der Waals surface area (Å²) in [5.74, 6) is -0.500. The van der Waals surface area contributed by atoms with Crippen LogP contribution in [0.4, 0.5) is 17.1 Å². The zero-order chi connectivity index (χ0) is 22.6. The van der Waals surface area contributed by atoms with E-state index >= 15 is 0 Å². The van der Waals surface area contributed by atoms with Crippen molar-refractivity contribution < 1.29 is 18.1 Å². The van der Waals surface area contributed by atoms with Gasteiger partial charge in [0, 0.05) is 37.5 Å². The highest BCUT2D eigenvalue weighted by molar-refractivity contribution is 7.92. The molecule has 0 aliphatic carbocycles. The average molecular weight is 447 g/mol. The van der Waals surface area contributed by atoms with Gasteiger partial charge in [-0.1, -0.05) is 18.2 Å². The molecule has 3 rings (SSSR count). The number of sulfonamides is 1. The van der Waals surface area contributed by atoms with Gasteiger partial charge in [0.05, 0.1) is 16.9 Å². The minimum absolute atomic E-state index is 0.113. The number of anilines is 2. The minimum Gasteiger partial charge on any atom is -0.372 e. The summed E-state index contributed by atoms with van der Waals surface area (Å²) < 4.78 is 25.5. The molecule has 0 atom stereocenters. The summed E-state index contributed by atoms with van der Waals surface area (Å²) in [6.45, 7) is 3.53. The maximum atomic E-state index is 12.5. The third-order valence-electron chi connectivity index (χ3n) is 5.26. The zero-order valence-corrected chi connectivity index (χ0v) is 18.4. The number of amides is 1. The minimum atomic E-state index is -3.83. The molecule has 1 aliphatic rings. The van der Waals surface area contributed by atoms with Gasteiger partial charge >= 0.3 is 0 Å². The van der Waals surface area contributed by atoms with Crippen molar-refractivity contribution in [3.63, 3.8) is 0 Å². The molecule has 0 spiro atoms. The predicted octanol–water partition coefficient (Wildman–Crippen LogP) is 2.59. The smallest absolute Gasteiger partial charge is 0.271 e. The summed E-state index contributed by atoms with van der Waals surface area (Å²) in [7, 11) is -3.83. The van der Waals surface area contributed by atoms with Crippen LogP contribution in [0.2, 0.25) is 0 Å². The number of hydrogen-bond donors (Lipinski definition) is 1. The van der Waals surface area contributed by atoms with Gasteiger partial charge in [-0.3, -0.25) is 19.2 Å². The van der Waals surface area contributed by atoms with Crippen LogP contribution >= 0.6 is 0 Å². The molecule has 2 aromatic rings. The normalized spacial score (nSPS) is 13.8. The second kappa shape index (κ2) is 9.34. The van der Waals surface area contributed by atoms with Crippen LogP contribution in [0.5, 0.6) is 0 Å². The monoisotopic (exact) mass is 446 g/mol. The largest absolute Gasteiger partial charge is 0.372 e. The Morgan fingerprint density at radius 2 is 1.81 bits per heavy atom. The van der Waals surface area contributed by atoms with Gasteiger partial charge in [0.2, 0.25) is 15.9 Å². The first kappa shape index (κ1) is 22.5. The van der Waals surface area contributed by atoms with Crippen molar-refractivity contribution in [1.29, 1.82) is 0 Å². The van der Waals surface area contributed by atoms with Gasteiger partial charge in [-0.2, -0.15) is 0 Å². The first-order chi connectivity index (χ1) is 14.6. The van der Waals surface area contributed by atoms with E-state index in [2.05, 4.69) is 10.2 Å². The van der Waals surface area contributed by atoms with Crippen LogP contribution in [-0.4, -0.2) is 45.1 Å². The molecule has 166 valence electrons. The molecule has 10 heteroatoms. The van der Waals surface area contributed by atoms with E-state index in [0.29, 0.717) is 5.56 Å². The number of non-ortho nitro benzene ring substituents is 1. The Morgan fingerprint density at radius 1 is 1.16 bits per heavy atom. The topological polar surface area (TPSA) is 113 Å². The number of nitro benzene ring substituents is 1. The van der Waals surface area contributed by atoms with Crippen LogP contribution in [0.1, 0.15) is 24.0 Å². The molecule has 1 N–H and O–H groups in total. The number of nitro groups is 1. The van der Waals surface area contributed by atoms with Gasteiger partial charge < -0.3 is 10.2 Å². The molecule has 1 aliphatic heterocycles. The van der Waals surface area contributed by atoms with Crippen molar-refractivity contribution >= 4 is 33.0 Å². The van der Waals surface area contributed by atoms with E-state index in [-0.39, 0.29) is 17.9 Å². The lowest BCUT2D eigenvalue weighted by atomic mass is 10.2. The molecule has 0 bridgehead atoms. The van der Waals surface area contributed by atoms with Crippen molar-refractivity contribution in [3.05, 3.63) is 63.7 Å². The predicted molar refractivity (Wildman–Crippen MR) is 120 cm³/mol. The van der Waals surface area contributed by atoms with Crippen molar-refractivity contribution in [1.82, 2.24) is 5.32 Å². The molecule has 2 aromatic carbocycles. The average Bonchev–Trinajstić information content (AvgIpc) is 3.25. The second-order valence-electron chi connectivity index (χ2n) is 7.63. The van der Waals surface area contributed by atoms with Gasteiger partial charge in [0.25, 0.3) is 5.69 Å². The van der Waals surface area contributed by atoms with Crippen molar-refractivity contribution in [2.45, 2.75) is 26.3 Å². The molecule has 0 radical (unpaired) electrons. The Labute approximate surface area is 181 Å². The molecular weight excluding hydrogens is 420 g/mol. The third-order valence-corrected chi connectivity index (χ3v) is 6.38. The fraction of sp³-hybridized carbons (Fsp3) is 0.381. The lowest BCUT2D eigenvalue weighted by molar-refractivity contribution is -0.384. The molecule has 31 heavy (non-hydrogen) atoms. The molecule has 1 saturated heterocycles. The molecule has 1 amide bonds. The Hall–Kier alpha value is -3.14. The van der Waals surface area contributed by atoms with Crippen LogP contribution in [-0.2, 0) is 21.4 Å². The summed E-state index contributed by atoms with van der Waals surface area (Å²) in [4.78, 5) is 25.3. The van der Waals surface area contributed by atoms with E-state index in [1.54, 1.807) is 6.92 Å². The molecule has 1 fully saturated rings. The Bertz CT molecular complexity index is 1060. The number of nitrogens with zero attached hydrogens (tertiary/aromatic N) is 3. The van der Waals surface area contributed by atoms with Crippen LogP contribution in [0.25, 0.3) is 0 Å². The maximum Gasteiger partial charge on any atom is 0.271 e. The number of benzene rings is 2. The lowest BCUT2D eigenvalue weighted by Gasteiger charge is -2.23. The van der Waals surface area contributed by atoms with Gasteiger partial charge in [-0.25, -0.2) is 8.42 Å².